The molecular formula is C16H13N5OS. The van der Waals surface area contributed by atoms with E-state index < -0.39 is 0 Å². The molecule has 4 rings (SSSR count). The van der Waals surface area contributed by atoms with Gasteiger partial charge in [-0.15, -0.1) is 11.3 Å². The molecule has 0 spiro atoms. The highest BCUT2D eigenvalue weighted by Gasteiger charge is 2.11. The Hall–Kier alpha value is -2.80. The average Bonchev–Trinajstić information content (AvgIpc) is 3.18. The van der Waals surface area contributed by atoms with Crippen molar-refractivity contribution < 1.29 is 0 Å². The van der Waals surface area contributed by atoms with Crippen molar-refractivity contribution in [1.82, 2.24) is 24.3 Å². The molecule has 0 amide bonds. The zero-order valence-corrected chi connectivity index (χ0v) is 13.2. The fraction of sp³-hybridized carbons (Fsp3) is 0.125. The van der Waals surface area contributed by atoms with Gasteiger partial charge in [-0.25, -0.2) is 9.97 Å². The number of hydrogen-bond acceptors (Lipinski definition) is 5. The summed E-state index contributed by atoms with van der Waals surface area (Å²) in [5, 5.41) is 4.02. The maximum absolute atomic E-state index is 12.7. The van der Waals surface area contributed by atoms with Gasteiger partial charge in [0.2, 0.25) is 0 Å². The summed E-state index contributed by atoms with van der Waals surface area (Å²) >= 11 is 1.47. The molecule has 0 N–H and O–H groups in total. The summed E-state index contributed by atoms with van der Waals surface area (Å²) < 4.78 is 3.88. The van der Waals surface area contributed by atoms with E-state index >= 15 is 0 Å². The molecule has 0 radical (unpaired) electrons. The first-order valence-corrected chi connectivity index (χ1v) is 7.91. The van der Waals surface area contributed by atoms with E-state index in [-0.39, 0.29) is 5.56 Å². The molecule has 0 unspecified atom stereocenters. The van der Waals surface area contributed by atoms with Gasteiger partial charge < -0.3 is 0 Å². The van der Waals surface area contributed by atoms with Crippen LogP contribution in [0.5, 0.6) is 0 Å². The summed E-state index contributed by atoms with van der Waals surface area (Å²) in [5.41, 5.74) is 1.77. The van der Waals surface area contributed by atoms with Crippen LogP contribution in [0.2, 0.25) is 0 Å². The van der Waals surface area contributed by atoms with Crippen LogP contribution in [0.1, 0.15) is 5.82 Å². The van der Waals surface area contributed by atoms with Crippen LogP contribution >= 0.6 is 11.3 Å². The number of rotatable bonds is 3. The Bertz CT molecular complexity index is 1030. The molecule has 0 saturated heterocycles. The highest BCUT2D eigenvalue weighted by atomic mass is 32.1. The summed E-state index contributed by atoms with van der Waals surface area (Å²) in [6.07, 6.45) is 3.05. The highest BCUT2D eigenvalue weighted by Crippen LogP contribution is 2.30. The van der Waals surface area contributed by atoms with Crippen molar-refractivity contribution in [1.29, 1.82) is 0 Å². The number of aromatic nitrogens is 5. The Labute approximate surface area is 135 Å². The van der Waals surface area contributed by atoms with Gasteiger partial charge in [0.1, 0.15) is 16.9 Å². The maximum Gasteiger partial charge on any atom is 0.271 e. The topological polar surface area (TPSA) is 65.6 Å². The molecule has 0 bridgehead atoms. The van der Waals surface area contributed by atoms with Crippen LogP contribution in [0.25, 0.3) is 20.7 Å². The standard InChI is InChI=1S/C16H13N5OS/c1-20-14(17-9-19-20)8-21-10-18-12-7-13(23-15(12)16(21)22)11-5-3-2-4-6-11/h2-7,9-10H,8H2,1H3. The third-order valence-corrected chi connectivity index (χ3v) is 4.84. The largest absolute Gasteiger partial charge is 0.290 e. The van der Waals surface area contributed by atoms with E-state index in [4.69, 9.17) is 0 Å². The molecule has 1 aromatic carbocycles. The van der Waals surface area contributed by atoms with Crippen molar-refractivity contribution in [3.05, 3.63) is 65.2 Å². The molecule has 0 aliphatic rings. The maximum atomic E-state index is 12.7. The molecule has 0 fully saturated rings. The summed E-state index contributed by atoms with van der Waals surface area (Å²) in [6, 6.07) is 12.0. The number of nitrogens with zero attached hydrogens (tertiary/aromatic N) is 5. The molecule has 0 saturated carbocycles. The van der Waals surface area contributed by atoms with Gasteiger partial charge in [0.15, 0.2) is 0 Å². The van der Waals surface area contributed by atoms with Gasteiger partial charge in [-0.3, -0.25) is 14.0 Å². The van der Waals surface area contributed by atoms with Crippen molar-refractivity contribution in [3.63, 3.8) is 0 Å². The Kier molecular flexibility index (Phi) is 3.27. The molecule has 23 heavy (non-hydrogen) atoms. The molecular weight excluding hydrogens is 310 g/mol. The van der Waals surface area contributed by atoms with E-state index in [0.717, 1.165) is 16.0 Å². The van der Waals surface area contributed by atoms with Gasteiger partial charge in [0, 0.05) is 11.9 Å². The first kappa shape index (κ1) is 13.8. The number of thiophene rings is 1. The van der Waals surface area contributed by atoms with Crippen LogP contribution in [0.15, 0.2) is 53.8 Å². The zero-order chi connectivity index (χ0) is 15.8. The van der Waals surface area contributed by atoms with Crippen molar-refractivity contribution in [3.8, 4) is 10.4 Å². The Morgan fingerprint density at radius 1 is 1.17 bits per heavy atom. The lowest BCUT2D eigenvalue weighted by atomic mass is 10.2. The van der Waals surface area contributed by atoms with Crippen molar-refractivity contribution in [2.24, 2.45) is 7.05 Å². The summed E-state index contributed by atoms with van der Waals surface area (Å²) in [6.45, 7) is 0.358. The molecule has 114 valence electrons. The van der Waals surface area contributed by atoms with Crippen molar-refractivity contribution >= 4 is 21.6 Å². The Balaban J connectivity index is 1.79. The molecule has 7 heteroatoms. The van der Waals surface area contributed by atoms with Gasteiger partial charge >= 0.3 is 0 Å². The van der Waals surface area contributed by atoms with E-state index in [2.05, 4.69) is 15.1 Å². The summed E-state index contributed by atoms with van der Waals surface area (Å²) in [5.74, 6) is 0.716. The fourth-order valence-electron chi connectivity index (χ4n) is 2.42. The van der Waals surface area contributed by atoms with Crippen LogP contribution in [-0.4, -0.2) is 24.3 Å². The SMILES string of the molecule is Cn1ncnc1Cn1cnc2cc(-c3ccccc3)sc2c1=O. The first-order valence-electron chi connectivity index (χ1n) is 7.09. The van der Waals surface area contributed by atoms with Crippen molar-refractivity contribution in [2.75, 3.05) is 0 Å². The van der Waals surface area contributed by atoms with E-state index in [9.17, 15) is 4.79 Å². The minimum absolute atomic E-state index is 0.0508. The lowest BCUT2D eigenvalue weighted by Crippen LogP contribution is -2.21. The monoisotopic (exact) mass is 323 g/mol. The van der Waals surface area contributed by atoms with Gasteiger partial charge in [0.25, 0.3) is 5.56 Å². The van der Waals surface area contributed by atoms with Crippen LogP contribution in [-0.2, 0) is 13.6 Å². The summed E-state index contributed by atoms with van der Waals surface area (Å²) in [4.78, 5) is 22.3. The summed E-state index contributed by atoms with van der Waals surface area (Å²) in [7, 11) is 1.80. The molecule has 3 aromatic heterocycles. The third-order valence-electron chi connectivity index (χ3n) is 3.68. The molecule has 4 aromatic rings. The molecule has 6 nitrogen and oxygen atoms in total. The smallest absolute Gasteiger partial charge is 0.271 e. The second kappa shape index (κ2) is 5.44. The fourth-order valence-corrected chi connectivity index (χ4v) is 3.48. The number of hydrogen-bond donors (Lipinski definition) is 0. The highest BCUT2D eigenvalue weighted by molar-refractivity contribution is 7.22. The average molecular weight is 323 g/mol. The van der Waals surface area contributed by atoms with Crippen LogP contribution in [0.4, 0.5) is 0 Å². The minimum atomic E-state index is -0.0508. The minimum Gasteiger partial charge on any atom is -0.290 e. The number of fused-ring (bicyclic) bond motifs is 1. The molecule has 3 heterocycles. The molecule has 0 aliphatic heterocycles. The molecule has 0 atom stereocenters. The van der Waals surface area contributed by atoms with E-state index in [1.54, 1.807) is 22.6 Å². The van der Waals surface area contributed by atoms with E-state index in [1.807, 2.05) is 36.4 Å². The van der Waals surface area contributed by atoms with Crippen LogP contribution in [0.3, 0.4) is 0 Å². The second-order valence-electron chi connectivity index (χ2n) is 5.17. The first-order chi connectivity index (χ1) is 11.2. The molecule has 0 aliphatic carbocycles. The quantitative estimate of drug-likeness (QED) is 0.580. The Morgan fingerprint density at radius 3 is 2.74 bits per heavy atom. The van der Waals surface area contributed by atoms with E-state index in [0.29, 0.717) is 17.1 Å². The second-order valence-corrected chi connectivity index (χ2v) is 6.22. The predicted molar refractivity (Wildman–Crippen MR) is 89.4 cm³/mol. The van der Waals surface area contributed by atoms with Gasteiger partial charge in [-0.05, 0) is 11.6 Å². The van der Waals surface area contributed by atoms with E-state index in [1.165, 1.54) is 17.7 Å². The lowest BCUT2D eigenvalue weighted by molar-refractivity contribution is 0.638. The lowest BCUT2D eigenvalue weighted by Gasteiger charge is -2.03. The third kappa shape index (κ3) is 2.44. The van der Waals surface area contributed by atoms with Crippen LogP contribution < -0.4 is 5.56 Å². The van der Waals surface area contributed by atoms with Crippen LogP contribution in [0, 0.1) is 0 Å². The van der Waals surface area contributed by atoms with Gasteiger partial charge in [-0.2, -0.15) is 5.10 Å². The normalized spacial score (nSPS) is 11.2. The Morgan fingerprint density at radius 2 is 2.00 bits per heavy atom. The van der Waals surface area contributed by atoms with Gasteiger partial charge in [0.05, 0.1) is 18.4 Å². The number of benzene rings is 1. The predicted octanol–water partition coefficient (Wildman–Crippen LogP) is 2.30. The number of aryl methyl sites for hydroxylation is 1. The van der Waals surface area contributed by atoms with Crippen molar-refractivity contribution in [2.45, 2.75) is 6.54 Å². The zero-order valence-electron chi connectivity index (χ0n) is 12.4. The van der Waals surface area contributed by atoms with Gasteiger partial charge in [-0.1, -0.05) is 30.3 Å².